The largest absolute Gasteiger partial charge is 0.478 e. The Morgan fingerprint density at radius 1 is 1.18 bits per heavy atom. The first-order valence-electron chi connectivity index (χ1n) is 6.87. The highest BCUT2D eigenvalue weighted by Crippen LogP contribution is 2.13. The molecule has 0 spiro atoms. The summed E-state index contributed by atoms with van der Waals surface area (Å²) in [5.74, 6) is -3.10. The molecule has 1 aromatic carbocycles. The van der Waals surface area contributed by atoms with Crippen LogP contribution in [0.25, 0.3) is 0 Å². The molecule has 0 atom stereocenters. The van der Waals surface area contributed by atoms with Gasteiger partial charge in [0.2, 0.25) is 5.91 Å². The van der Waals surface area contributed by atoms with E-state index >= 15 is 0 Å². The lowest BCUT2D eigenvalue weighted by atomic mass is 10.1. The van der Waals surface area contributed by atoms with Crippen molar-refractivity contribution < 1.29 is 23.9 Å². The topological polar surface area (TPSA) is 77.9 Å². The minimum absolute atomic E-state index is 0.166. The van der Waals surface area contributed by atoms with Gasteiger partial charge in [-0.2, -0.15) is 0 Å². The molecule has 0 aliphatic heterocycles. The Morgan fingerprint density at radius 3 is 2.23 bits per heavy atom. The van der Waals surface area contributed by atoms with Crippen LogP contribution in [0.3, 0.4) is 0 Å². The number of hydrogen-bond donors (Lipinski definition) is 1. The van der Waals surface area contributed by atoms with Gasteiger partial charge in [0, 0.05) is 20.1 Å². The number of halogens is 1. The van der Waals surface area contributed by atoms with E-state index in [2.05, 4.69) is 0 Å². The number of likely N-dealkylation sites (N-methyl/N-ethyl adjacent to an activating group) is 2. The van der Waals surface area contributed by atoms with E-state index < -0.39 is 17.7 Å². The lowest BCUT2D eigenvalue weighted by Crippen LogP contribution is -2.41. The normalized spacial score (nSPS) is 10.2. The fraction of sp³-hybridized carbons (Fsp3) is 0.400. The van der Waals surface area contributed by atoms with Crippen LogP contribution in [0.1, 0.15) is 34.6 Å². The first-order chi connectivity index (χ1) is 10.3. The number of benzene rings is 1. The van der Waals surface area contributed by atoms with Gasteiger partial charge < -0.3 is 14.9 Å². The van der Waals surface area contributed by atoms with E-state index in [1.807, 2.05) is 13.8 Å². The van der Waals surface area contributed by atoms with Gasteiger partial charge in [0.25, 0.3) is 5.91 Å². The zero-order chi connectivity index (χ0) is 16.9. The molecule has 1 rings (SSSR count). The Labute approximate surface area is 128 Å². The van der Waals surface area contributed by atoms with Crippen molar-refractivity contribution in [3.8, 4) is 0 Å². The van der Waals surface area contributed by atoms with Crippen molar-refractivity contribution in [3.05, 3.63) is 35.1 Å². The minimum atomic E-state index is -1.28. The number of carboxylic acids is 1. The van der Waals surface area contributed by atoms with Crippen molar-refractivity contribution in [1.29, 1.82) is 0 Å². The lowest BCUT2D eigenvalue weighted by molar-refractivity contribution is -0.131. The minimum Gasteiger partial charge on any atom is -0.478 e. The number of rotatable bonds is 6. The van der Waals surface area contributed by atoms with Gasteiger partial charge in [-0.25, -0.2) is 9.18 Å². The summed E-state index contributed by atoms with van der Waals surface area (Å²) in [4.78, 5) is 37.5. The van der Waals surface area contributed by atoms with Gasteiger partial charge in [-0.15, -0.1) is 0 Å². The molecule has 1 aromatic rings. The summed E-state index contributed by atoms with van der Waals surface area (Å²) in [6.45, 7) is 4.54. The molecule has 0 fully saturated rings. The molecule has 7 heteroatoms. The highest BCUT2D eigenvalue weighted by atomic mass is 19.1. The van der Waals surface area contributed by atoms with Crippen LogP contribution in [-0.2, 0) is 4.79 Å². The van der Waals surface area contributed by atoms with Crippen molar-refractivity contribution in [3.63, 3.8) is 0 Å². The van der Waals surface area contributed by atoms with E-state index in [9.17, 15) is 18.8 Å². The summed E-state index contributed by atoms with van der Waals surface area (Å²) in [5.41, 5.74) is -0.504. The maximum absolute atomic E-state index is 13.8. The summed E-state index contributed by atoms with van der Waals surface area (Å²) in [5, 5.41) is 8.77. The summed E-state index contributed by atoms with van der Waals surface area (Å²) >= 11 is 0. The molecule has 0 aromatic heterocycles. The standard InChI is InChI=1S/C15H19FN2O4/c1-4-18(5-2)13(19)9-17(3)14(20)11-7-6-10(15(21)22)8-12(11)16/h6-8H,4-5,9H2,1-3H3,(H,21,22). The van der Waals surface area contributed by atoms with E-state index in [0.717, 1.165) is 23.1 Å². The number of nitrogens with zero attached hydrogens (tertiary/aromatic N) is 2. The molecule has 0 radical (unpaired) electrons. The summed E-state index contributed by atoms with van der Waals surface area (Å²) in [7, 11) is 1.40. The van der Waals surface area contributed by atoms with Crippen LogP contribution in [0.5, 0.6) is 0 Å². The molecule has 0 aliphatic rings. The number of aromatic carboxylic acids is 1. The van der Waals surface area contributed by atoms with Gasteiger partial charge in [0.05, 0.1) is 17.7 Å². The number of carbonyl (C=O) groups excluding carboxylic acids is 2. The number of carbonyl (C=O) groups is 3. The molecule has 0 saturated heterocycles. The Kier molecular flexibility index (Phi) is 6.03. The second-order valence-electron chi connectivity index (χ2n) is 4.73. The van der Waals surface area contributed by atoms with Crippen LogP contribution in [0, 0.1) is 5.82 Å². The van der Waals surface area contributed by atoms with Gasteiger partial charge in [-0.05, 0) is 32.0 Å². The van der Waals surface area contributed by atoms with E-state index in [-0.39, 0.29) is 23.6 Å². The SMILES string of the molecule is CCN(CC)C(=O)CN(C)C(=O)c1ccc(C(=O)O)cc1F. The Hall–Kier alpha value is -2.44. The van der Waals surface area contributed by atoms with Gasteiger partial charge in [0.1, 0.15) is 5.82 Å². The first kappa shape index (κ1) is 17.6. The molecule has 120 valence electrons. The molecular weight excluding hydrogens is 291 g/mol. The molecule has 0 bridgehead atoms. The second kappa shape index (κ2) is 7.53. The third kappa shape index (κ3) is 4.03. The zero-order valence-electron chi connectivity index (χ0n) is 12.8. The van der Waals surface area contributed by atoms with Gasteiger partial charge >= 0.3 is 5.97 Å². The molecule has 0 aliphatic carbocycles. The lowest BCUT2D eigenvalue weighted by Gasteiger charge is -2.23. The Balaban J connectivity index is 2.87. The van der Waals surface area contributed by atoms with Crippen LogP contribution in [0.15, 0.2) is 18.2 Å². The Morgan fingerprint density at radius 2 is 1.77 bits per heavy atom. The van der Waals surface area contributed by atoms with Crippen molar-refractivity contribution in [2.45, 2.75) is 13.8 Å². The summed E-state index contributed by atoms with van der Waals surface area (Å²) in [6, 6.07) is 3.05. The fourth-order valence-electron chi connectivity index (χ4n) is 1.98. The average molecular weight is 310 g/mol. The molecule has 1 N–H and O–H groups in total. The molecule has 6 nitrogen and oxygen atoms in total. The molecule has 0 saturated carbocycles. The number of amides is 2. The van der Waals surface area contributed by atoms with E-state index in [0.29, 0.717) is 13.1 Å². The number of carboxylic acid groups (broad SMARTS) is 1. The maximum atomic E-state index is 13.8. The quantitative estimate of drug-likeness (QED) is 0.863. The summed E-state index contributed by atoms with van der Waals surface area (Å²) < 4.78 is 13.8. The predicted molar refractivity (Wildman–Crippen MR) is 78.2 cm³/mol. The van der Waals surface area contributed by atoms with E-state index in [4.69, 9.17) is 5.11 Å². The monoisotopic (exact) mass is 310 g/mol. The zero-order valence-corrected chi connectivity index (χ0v) is 12.8. The van der Waals surface area contributed by atoms with Crippen molar-refractivity contribution >= 4 is 17.8 Å². The van der Waals surface area contributed by atoms with Crippen molar-refractivity contribution in [1.82, 2.24) is 9.80 Å². The Bertz CT molecular complexity index is 585. The van der Waals surface area contributed by atoms with Crippen LogP contribution < -0.4 is 0 Å². The highest BCUT2D eigenvalue weighted by Gasteiger charge is 2.21. The van der Waals surface area contributed by atoms with E-state index in [1.54, 1.807) is 4.90 Å². The van der Waals surface area contributed by atoms with Crippen LogP contribution >= 0.6 is 0 Å². The maximum Gasteiger partial charge on any atom is 0.335 e. The summed E-state index contributed by atoms with van der Waals surface area (Å²) in [6.07, 6.45) is 0. The third-order valence-corrected chi connectivity index (χ3v) is 3.28. The molecule has 2 amide bonds. The molecule has 0 heterocycles. The van der Waals surface area contributed by atoms with Crippen LogP contribution in [0.2, 0.25) is 0 Å². The molecule has 22 heavy (non-hydrogen) atoms. The van der Waals surface area contributed by atoms with Crippen LogP contribution in [0.4, 0.5) is 4.39 Å². The van der Waals surface area contributed by atoms with Crippen molar-refractivity contribution in [2.24, 2.45) is 0 Å². The fourth-order valence-corrected chi connectivity index (χ4v) is 1.98. The number of hydrogen-bond acceptors (Lipinski definition) is 3. The highest BCUT2D eigenvalue weighted by molar-refractivity contribution is 5.97. The third-order valence-electron chi connectivity index (χ3n) is 3.28. The second-order valence-corrected chi connectivity index (χ2v) is 4.73. The molecular formula is C15H19FN2O4. The predicted octanol–water partition coefficient (Wildman–Crippen LogP) is 1.46. The first-order valence-corrected chi connectivity index (χ1v) is 6.87. The van der Waals surface area contributed by atoms with Gasteiger partial charge in [-0.3, -0.25) is 9.59 Å². The van der Waals surface area contributed by atoms with Crippen LogP contribution in [-0.4, -0.2) is 59.4 Å². The van der Waals surface area contributed by atoms with Gasteiger partial charge in [0.15, 0.2) is 0 Å². The average Bonchev–Trinajstić information content (AvgIpc) is 2.47. The van der Waals surface area contributed by atoms with Gasteiger partial charge in [-0.1, -0.05) is 0 Å². The smallest absolute Gasteiger partial charge is 0.335 e. The molecule has 0 unspecified atom stereocenters. The van der Waals surface area contributed by atoms with E-state index in [1.165, 1.54) is 7.05 Å². The van der Waals surface area contributed by atoms with Crippen molar-refractivity contribution in [2.75, 3.05) is 26.7 Å².